The number of carbonyl (C=O) groups excluding carboxylic acids is 1. The minimum atomic E-state index is 0.189. The lowest BCUT2D eigenvalue weighted by atomic mass is 10.1. The molecule has 1 heterocycles. The van der Waals surface area contributed by atoms with E-state index in [2.05, 4.69) is 4.90 Å². The van der Waals surface area contributed by atoms with E-state index in [0.29, 0.717) is 17.5 Å². The fraction of sp³-hybridized carbons (Fsp3) is 0.562. The summed E-state index contributed by atoms with van der Waals surface area (Å²) in [5, 5.41) is 0.666. The second kappa shape index (κ2) is 7.77. The van der Waals surface area contributed by atoms with Gasteiger partial charge in [0.1, 0.15) is 0 Å². The maximum Gasteiger partial charge on any atom is 0.164 e. The molecule has 3 nitrogen and oxygen atoms in total. The maximum atomic E-state index is 12.1. The Morgan fingerprint density at radius 1 is 1.30 bits per heavy atom. The van der Waals surface area contributed by atoms with Gasteiger partial charge < -0.3 is 9.64 Å². The Kier molecular flexibility index (Phi) is 6.02. The first-order valence-electron chi connectivity index (χ1n) is 7.31. The molecule has 110 valence electrons. The number of Topliss-reactive ketones (excluding diaryl/α,β-unsaturated/α-hetero) is 1. The first-order valence-corrected chi connectivity index (χ1v) is 7.69. The van der Waals surface area contributed by atoms with E-state index in [1.807, 2.05) is 6.92 Å². The van der Waals surface area contributed by atoms with Crippen LogP contribution in [0.5, 0.6) is 0 Å². The van der Waals surface area contributed by atoms with Crippen LogP contribution in [0.3, 0.4) is 0 Å². The van der Waals surface area contributed by atoms with Crippen LogP contribution in [0.2, 0.25) is 5.02 Å². The van der Waals surface area contributed by atoms with Crippen molar-refractivity contribution in [2.45, 2.75) is 32.3 Å². The average Bonchev–Trinajstić information content (AvgIpc) is 2.47. The average molecular weight is 296 g/mol. The first-order chi connectivity index (χ1) is 9.69. The summed E-state index contributed by atoms with van der Waals surface area (Å²) in [5.74, 6) is 0.189. The zero-order valence-corrected chi connectivity index (χ0v) is 12.7. The van der Waals surface area contributed by atoms with Gasteiger partial charge in [0.2, 0.25) is 0 Å². The number of rotatable bonds is 6. The van der Waals surface area contributed by atoms with E-state index in [9.17, 15) is 4.79 Å². The van der Waals surface area contributed by atoms with Gasteiger partial charge >= 0.3 is 0 Å². The van der Waals surface area contributed by atoms with Crippen LogP contribution in [0.1, 0.15) is 36.5 Å². The molecule has 20 heavy (non-hydrogen) atoms. The van der Waals surface area contributed by atoms with Gasteiger partial charge in [0.15, 0.2) is 5.78 Å². The predicted molar refractivity (Wildman–Crippen MR) is 81.5 cm³/mol. The summed E-state index contributed by atoms with van der Waals surface area (Å²) in [6.07, 6.45) is 3.12. The molecule has 1 aromatic carbocycles. The second-order valence-electron chi connectivity index (χ2n) is 5.18. The van der Waals surface area contributed by atoms with Crippen LogP contribution in [0.15, 0.2) is 24.3 Å². The van der Waals surface area contributed by atoms with Crippen molar-refractivity contribution < 1.29 is 9.53 Å². The topological polar surface area (TPSA) is 29.5 Å². The van der Waals surface area contributed by atoms with Crippen LogP contribution in [0.25, 0.3) is 0 Å². The van der Waals surface area contributed by atoms with E-state index < -0.39 is 0 Å². The highest BCUT2D eigenvalue weighted by molar-refractivity contribution is 6.30. The molecule has 0 saturated carbocycles. The minimum absolute atomic E-state index is 0.189. The molecule has 2 rings (SSSR count). The highest BCUT2D eigenvalue weighted by Gasteiger charge is 2.19. The summed E-state index contributed by atoms with van der Waals surface area (Å²) in [5.41, 5.74) is 0.749. The number of ether oxygens (including phenoxy) is 1. The SMILES string of the molecule is CCOC1CCN(CCC(=O)c2ccc(Cl)cc2)CC1. The molecule has 0 aromatic heterocycles. The molecular formula is C16H22ClNO2. The third-order valence-electron chi connectivity index (χ3n) is 3.76. The Morgan fingerprint density at radius 2 is 1.95 bits per heavy atom. The van der Waals surface area contributed by atoms with Crippen molar-refractivity contribution in [3.63, 3.8) is 0 Å². The molecule has 1 fully saturated rings. The van der Waals surface area contributed by atoms with Gasteiger partial charge in [-0.3, -0.25) is 4.79 Å². The molecule has 0 amide bonds. The molecule has 1 saturated heterocycles. The third kappa shape index (κ3) is 4.58. The highest BCUT2D eigenvalue weighted by Crippen LogP contribution is 2.15. The first kappa shape index (κ1) is 15.5. The molecule has 1 aliphatic heterocycles. The molecule has 4 heteroatoms. The zero-order chi connectivity index (χ0) is 14.4. The summed E-state index contributed by atoms with van der Waals surface area (Å²) in [6, 6.07) is 7.13. The number of nitrogens with zero attached hydrogens (tertiary/aromatic N) is 1. The van der Waals surface area contributed by atoms with Crippen molar-refractivity contribution in [1.82, 2.24) is 4.90 Å². The Hall–Kier alpha value is -0.900. The van der Waals surface area contributed by atoms with Gasteiger partial charge in [-0.25, -0.2) is 0 Å². The van der Waals surface area contributed by atoms with Crippen LogP contribution in [0.4, 0.5) is 0 Å². The van der Waals surface area contributed by atoms with E-state index in [4.69, 9.17) is 16.3 Å². The summed E-state index contributed by atoms with van der Waals surface area (Å²) < 4.78 is 5.63. The fourth-order valence-electron chi connectivity index (χ4n) is 2.58. The van der Waals surface area contributed by atoms with Crippen molar-refractivity contribution in [2.75, 3.05) is 26.2 Å². The monoisotopic (exact) mass is 295 g/mol. The van der Waals surface area contributed by atoms with Crippen molar-refractivity contribution in [3.8, 4) is 0 Å². The summed E-state index contributed by atoms with van der Waals surface area (Å²) >= 11 is 5.82. The summed E-state index contributed by atoms with van der Waals surface area (Å²) in [6.45, 7) is 5.72. The maximum absolute atomic E-state index is 12.1. The van der Waals surface area contributed by atoms with Crippen molar-refractivity contribution >= 4 is 17.4 Å². The van der Waals surface area contributed by atoms with E-state index in [1.54, 1.807) is 24.3 Å². The van der Waals surface area contributed by atoms with Crippen molar-refractivity contribution in [3.05, 3.63) is 34.9 Å². The molecular weight excluding hydrogens is 274 g/mol. The number of hydrogen-bond donors (Lipinski definition) is 0. The largest absolute Gasteiger partial charge is 0.378 e. The lowest BCUT2D eigenvalue weighted by molar-refractivity contribution is 0.0143. The number of likely N-dealkylation sites (tertiary alicyclic amines) is 1. The van der Waals surface area contributed by atoms with E-state index in [0.717, 1.165) is 44.6 Å². The molecule has 0 radical (unpaired) electrons. The van der Waals surface area contributed by atoms with Crippen LogP contribution >= 0.6 is 11.6 Å². The lowest BCUT2D eigenvalue weighted by Gasteiger charge is -2.31. The highest BCUT2D eigenvalue weighted by atomic mass is 35.5. The van der Waals surface area contributed by atoms with Gasteiger partial charge in [-0.2, -0.15) is 0 Å². The fourth-order valence-corrected chi connectivity index (χ4v) is 2.70. The van der Waals surface area contributed by atoms with Gasteiger partial charge in [0.05, 0.1) is 6.10 Å². The molecule has 0 unspecified atom stereocenters. The van der Waals surface area contributed by atoms with Gasteiger partial charge in [-0.1, -0.05) is 11.6 Å². The normalized spacial score (nSPS) is 17.3. The number of carbonyl (C=O) groups is 1. The second-order valence-corrected chi connectivity index (χ2v) is 5.61. The van der Waals surface area contributed by atoms with Crippen LogP contribution in [0, 0.1) is 0 Å². The number of piperidine rings is 1. The molecule has 1 aliphatic rings. The minimum Gasteiger partial charge on any atom is -0.378 e. The van der Waals surface area contributed by atoms with Crippen molar-refractivity contribution in [1.29, 1.82) is 0 Å². The van der Waals surface area contributed by atoms with Gasteiger partial charge in [-0.15, -0.1) is 0 Å². The van der Waals surface area contributed by atoms with E-state index >= 15 is 0 Å². The van der Waals surface area contributed by atoms with Gasteiger partial charge in [-0.05, 0) is 44.0 Å². The third-order valence-corrected chi connectivity index (χ3v) is 4.01. The molecule has 0 spiro atoms. The molecule has 1 aromatic rings. The molecule has 0 N–H and O–H groups in total. The predicted octanol–water partition coefficient (Wildman–Crippen LogP) is 3.41. The molecule has 0 bridgehead atoms. The number of ketones is 1. The zero-order valence-electron chi connectivity index (χ0n) is 12.0. The number of benzene rings is 1. The van der Waals surface area contributed by atoms with Gasteiger partial charge in [0, 0.05) is 43.2 Å². The smallest absolute Gasteiger partial charge is 0.164 e. The number of halogens is 1. The standard InChI is InChI=1S/C16H22ClNO2/c1-2-20-15-7-10-18(11-8-15)12-9-16(19)13-3-5-14(17)6-4-13/h3-6,15H,2,7-12H2,1H3. The molecule has 0 aliphatic carbocycles. The van der Waals surface area contributed by atoms with Crippen molar-refractivity contribution in [2.24, 2.45) is 0 Å². The number of hydrogen-bond acceptors (Lipinski definition) is 3. The van der Waals surface area contributed by atoms with Crippen LogP contribution in [-0.2, 0) is 4.74 Å². The van der Waals surface area contributed by atoms with E-state index in [1.165, 1.54) is 0 Å². The molecule has 0 atom stereocenters. The summed E-state index contributed by atoms with van der Waals surface area (Å²) in [4.78, 5) is 14.4. The lowest BCUT2D eigenvalue weighted by Crippen LogP contribution is -2.38. The quantitative estimate of drug-likeness (QED) is 0.753. The van der Waals surface area contributed by atoms with Crippen LogP contribution < -0.4 is 0 Å². The Morgan fingerprint density at radius 3 is 2.55 bits per heavy atom. The Bertz CT molecular complexity index is 425. The summed E-state index contributed by atoms with van der Waals surface area (Å²) in [7, 11) is 0. The Balaban J connectivity index is 1.73. The Labute approximate surface area is 125 Å². The van der Waals surface area contributed by atoms with Crippen LogP contribution in [-0.4, -0.2) is 43.0 Å². The van der Waals surface area contributed by atoms with Gasteiger partial charge in [0.25, 0.3) is 0 Å². The van der Waals surface area contributed by atoms with E-state index in [-0.39, 0.29) is 5.78 Å².